The van der Waals surface area contributed by atoms with E-state index in [0.29, 0.717) is 10.7 Å². The van der Waals surface area contributed by atoms with Gasteiger partial charge in [0.25, 0.3) is 5.91 Å². The predicted molar refractivity (Wildman–Crippen MR) is 112 cm³/mol. The van der Waals surface area contributed by atoms with Gasteiger partial charge >= 0.3 is 5.97 Å². The summed E-state index contributed by atoms with van der Waals surface area (Å²) < 4.78 is 5.14. The van der Waals surface area contributed by atoms with Crippen LogP contribution in [0, 0.1) is 26.7 Å². The van der Waals surface area contributed by atoms with Crippen LogP contribution in [0.4, 0.5) is 11.4 Å². The van der Waals surface area contributed by atoms with Gasteiger partial charge in [-0.05, 0) is 55.7 Å². The van der Waals surface area contributed by atoms with Crippen molar-refractivity contribution in [3.8, 4) is 0 Å². The Labute approximate surface area is 174 Å². The highest BCUT2D eigenvalue weighted by atomic mass is 35.5. The number of hydrogen-bond donors (Lipinski definition) is 1. The molecule has 1 aliphatic heterocycles. The molecule has 0 aliphatic carbocycles. The Bertz CT molecular complexity index is 973. The molecule has 2 amide bonds. The predicted octanol–water partition coefficient (Wildman–Crippen LogP) is 3.80. The van der Waals surface area contributed by atoms with E-state index in [1.807, 2.05) is 39.0 Å². The van der Waals surface area contributed by atoms with Gasteiger partial charge in [0.2, 0.25) is 5.91 Å². The van der Waals surface area contributed by atoms with Crippen LogP contribution >= 0.6 is 11.6 Å². The topological polar surface area (TPSA) is 75.7 Å². The molecular formula is C22H23ClN2O4. The molecule has 1 fully saturated rings. The first-order valence-corrected chi connectivity index (χ1v) is 9.72. The van der Waals surface area contributed by atoms with Gasteiger partial charge in [0.15, 0.2) is 6.61 Å². The Balaban J connectivity index is 1.56. The third-order valence-electron chi connectivity index (χ3n) is 4.91. The van der Waals surface area contributed by atoms with E-state index < -0.39 is 24.4 Å². The first-order chi connectivity index (χ1) is 13.7. The van der Waals surface area contributed by atoms with Gasteiger partial charge in [0.1, 0.15) is 0 Å². The van der Waals surface area contributed by atoms with E-state index in [1.54, 1.807) is 23.1 Å². The molecule has 0 bridgehead atoms. The Morgan fingerprint density at radius 3 is 2.59 bits per heavy atom. The van der Waals surface area contributed by atoms with Gasteiger partial charge in [-0.2, -0.15) is 0 Å². The van der Waals surface area contributed by atoms with Gasteiger partial charge in [-0.15, -0.1) is 0 Å². The van der Waals surface area contributed by atoms with Gasteiger partial charge in [-0.3, -0.25) is 14.4 Å². The molecule has 1 atom stereocenters. The monoisotopic (exact) mass is 414 g/mol. The Kier molecular flexibility index (Phi) is 6.23. The molecule has 0 aromatic heterocycles. The van der Waals surface area contributed by atoms with Gasteiger partial charge in [-0.1, -0.05) is 29.8 Å². The number of rotatable bonds is 5. The number of ether oxygens (including phenoxy) is 1. The minimum atomic E-state index is -0.593. The number of aryl methyl sites for hydroxylation is 3. The zero-order valence-electron chi connectivity index (χ0n) is 16.6. The molecule has 1 aliphatic rings. The summed E-state index contributed by atoms with van der Waals surface area (Å²) in [5, 5.41) is 3.17. The third kappa shape index (κ3) is 4.95. The summed E-state index contributed by atoms with van der Waals surface area (Å²) in [6.45, 7) is 5.57. The first-order valence-electron chi connectivity index (χ1n) is 9.35. The van der Waals surface area contributed by atoms with Crippen LogP contribution in [0.1, 0.15) is 23.1 Å². The third-order valence-corrected chi connectivity index (χ3v) is 5.32. The van der Waals surface area contributed by atoms with Crippen LogP contribution in [0.2, 0.25) is 5.02 Å². The molecule has 152 valence electrons. The Morgan fingerprint density at radius 1 is 1.14 bits per heavy atom. The van der Waals surface area contributed by atoms with Crippen LogP contribution in [0.3, 0.4) is 0 Å². The van der Waals surface area contributed by atoms with Crippen molar-refractivity contribution in [2.45, 2.75) is 27.2 Å². The number of carbonyl (C=O) groups is 3. The Morgan fingerprint density at radius 2 is 1.86 bits per heavy atom. The van der Waals surface area contributed by atoms with Gasteiger partial charge in [0.05, 0.1) is 5.92 Å². The van der Waals surface area contributed by atoms with Crippen molar-refractivity contribution >= 4 is 40.8 Å². The lowest BCUT2D eigenvalue weighted by Gasteiger charge is -2.19. The molecule has 6 nitrogen and oxygen atoms in total. The average molecular weight is 415 g/mol. The minimum Gasteiger partial charge on any atom is -0.455 e. The van der Waals surface area contributed by atoms with Crippen LogP contribution in [-0.2, 0) is 19.1 Å². The molecule has 1 saturated heterocycles. The van der Waals surface area contributed by atoms with E-state index in [0.717, 1.165) is 22.4 Å². The van der Waals surface area contributed by atoms with E-state index in [1.165, 1.54) is 0 Å². The number of nitrogens with one attached hydrogen (secondary N) is 1. The molecule has 7 heteroatoms. The minimum absolute atomic E-state index is 0.0708. The lowest BCUT2D eigenvalue weighted by atomic mass is 10.1. The van der Waals surface area contributed by atoms with Gasteiger partial charge in [-0.25, -0.2) is 0 Å². The van der Waals surface area contributed by atoms with Crippen LogP contribution < -0.4 is 10.2 Å². The molecule has 3 rings (SSSR count). The zero-order chi connectivity index (χ0) is 21.1. The highest BCUT2D eigenvalue weighted by molar-refractivity contribution is 6.31. The highest BCUT2D eigenvalue weighted by Gasteiger charge is 2.36. The largest absolute Gasteiger partial charge is 0.455 e. The van der Waals surface area contributed by atoms with Gasteiger partial charge < -0.3 is 15.0 Å². The van der Waals surface area contributed by atoms with Crippen molar-refractivity contribution in [1.29, 1.82) is 0 Å². The maximum atomic E-state index is 12.4. The number of carbonyl (C=O) groups excluding carboxylic acids is 3. The number of esters is 1. The van der Waals surface area contributed by atoms with Crippen LogP contribution in [0.25, 0.3) is 0 Å². The van der Waals surface area contributed by atoms with Crippen molar-refractivity contribution in [2.75, 3.05) is 23.4 Å². The van der Waals surface area contributed by atoms with Crippen LogP contribution in [-0.4, -0.2) is 30.9 Å². The normalized spacial score (nSPS) is 16.1. The number of halogens is 1. The summed E-state index contributed by atoms with van der Waals surface area (Å²) in [6, 6.07) is 11.0. The fourth-order valence-corrected chi connectivity index (χ4v) is 3.41. The molecule has 0 radical (unpaired) electrons. The van der Waals surface area contributed by atoms with Crippen LogP contribution in [0.15, 0.2) is 36.4 Å². The molecule has 29 heavy (non-hydrogen) atoms. The van der Waals surface area contributed by atoms with E-state index in [2.05, 4.69) is 5.32 Å². The van der Waals surface area contributed by atoms with Crippen molar-refractivity contribution in [1.82, 2.24) is 0 Å². The second-order valence-electron chi connectivity index (χ2n) is 7.32. The summed E-state index contributed by atoms with van der Waals surface area (Å²) in [6.07, 6.45) is 0.0708. The summed E-state index contributed by atoms with van der Waals surface area (Å²) >= 11 is 6.04. The molecule has 2 aromatic rings. The van der Waals surface area contributed by atoms with Crippen molar-refractivity contribution in [3.05, 3.63) is 58.1 Å². The fraction of sp³-hybridized carbons (Fsp3) is 0.318. The van der Waals surface area contributed by atoms with Crippen LogP contribution in [0.5, 0.6) is 0 Å². The molecule has 2 aromatic carbocycles. The summed E-state index contributed by atoms with van der Waals surface area (Å²) in [5.41, 5.74) is 4.24. The highest BCUT2D eigenvalue weighted by Crippen LogP contribution is 2.29. The molecule has 0 spiro atoms. The smallest absolute Gasteiger partial charge is 0.311 e. The van der Waals surface area contributed by atoms with Crippen molar-refractivity contribution in [3.63, 3.8) is 0 Å². The maximum Gasteiger partial charge on any atom is 0.311 e. The molecule has 0 saturated carbocycles. The number of nitrogens with zero attached hydrogens (tertiary/aromatic N) is 1. The summed E-state index contributed by atoms with van der Waals surface area (Å²) in [7, 11) is 0. The summed E-state index contributed by atoms with van der Waals surface area (Å²) in [5.74, 6) is -1.74. The standard InChI is InChI=1S/C22H23ClN2O4/c1-13-4-5-15(3)19(8-13)25-11-16(9-21(25)27)22(28)29-12-20(26)24-17-7-6-14(2)18(23)10-17/h4-8,10,16H,9,11-12H2,1-3H3,(H,24,26)/t16-/m1/s1. The van der Waals surface area contributed by atoms with Crippen molar-refractivity contribution < 1.29 is 19.1 Å². The molecular weight excluding hydrogens is 392 g/mol. The quantitative estimate of drug-likeness (QED) is 0.755. The van der Waals surface area contributed by atoms with E-state index in [-0.39, 0.29) is 18.9 Å². The number of hydrogen-bond acceptors (Lipinski definition) is 4. The molecule has 1 N–H and O–H groups in total. The Hall–Kier alpha value is -2.86. The fourth-order valence-electron chi connectivity index (χ4n) is 3.23. The SMILES string of the molecule is Cc1ccc(C)c(N2C[C@H](C(=O)OCC(=O)Nc3ccc(C)c(Cl)c3)CC2=O)c1. The maximum absolute atomic E-state index is 12.4. The average Bonchev–Trinajstić information content (AvgIpc) is 3.06. The second kappa shape index (κ2) is 8.66. The summed E-state index contributed by atoms with van der Waals surface area (Å²) in [4.78, 5) is 38.5. The number of benzene rings is 2. The van der Waals surface area contributed by atoms with Gasteiger partial charge in [0, 0.05) is 29.4 Å². The first kappa shape index (κ1) is 20.9. The lowest BCUT2D eigenvalue weighted by molar-refractivity contribution is -0.151. The molecule has 1 heterocycles. The van der Waals surface area contributed by atoms with E-state index in [4.69, 9.17) is 16.3 Å². The van der Waals surface area contributed by atoms with Crippen molar-refractivity contribution in [2.24, 2.45) is 5.92 Å². The zero-order valence-corrected chi connectivity index (χ0v) is 17.4. The van der Waals surface area contributed by atoms with E-state index >= 15 is 0 Å². The van der Waals surface area contributed by atoms with E-state index in [9.17, 15) is 14.4 Å². The second-order valence-corrected chi connectivity index (χ2v) is 7.72. The number of amides is 2. The molecule has 0 unspecified atom stereocenters. The number of anilines is 2. The lowest BCUT2D eigenvalue weighted by Crippen LogP contribution is -2.28.